The highest BCUT2D eigenvalue weighted by Gasteiger charge is 2.01. The van der Waals surface area contributed by atoms with E-state index < -0.39 is 0 Å². The van der Waals surface area contributed by atoms with Crippen molar-refractivity contribution in [2.45, 2.75) is 0 Å². The van der Waals surface area contributed by atoms with Gasteiger partial charge in [-0.3, -0.25) is 5.32 Å². The summed E-state index contributed by atoms with van der Waals surface area (Å²) in [5.41, 5.74) is 0.792. The number of aromatic nitrogens is 2. The molecule has 0 saturated carbocycles. The zero-order valence-electron chi connectivity index (χ0n) is 8.85. The third-order valence-corrected chi connectivity index (χ3v) is 2.03. The van der Waals surface area contributed by atoms with Crippen LogP contribution in [-0.2, 0) is 0 Å². The maximum atomic E-state index is 12.7. The van der Waals surface area contributed by atoms with E-state index in [0.29, 0.717) is 12.5 Å². The maximum absolute atomic E-state index is 12.7. The number of nitrogens with zero attached hydrogens (tertiary/aromatic N) is 2. The fourth-order valence-corrected chi connectivity index (χ4v) is 1.27. The average molecular weight is 221 g/mol. The van der Waals surface area contributed by atoms with E-state index in [4.69, 9.17) is 4.74 Å². The molecule has 0 aliphatic heterocycles. The molecule has 0 saturated heterocycles. The van der Waals surface area contributed by atoms with Gasteiger partial charge in [-0.2, -0.15) is 5.10 Å². The Balaban J connectivity index is 2.15. The fraction of sp³-hybridized carbons (Fsp3) is 0.182. The highest BCUT2D eigenvalue weighted by Crippen LogP contribution is 2.13. The van der Waals surface area contributed by atoms with Crippen LogP contribution in [0.1, 0.15) is 0 Å². The van der Waals surface area contributed by atoms with Crippen molar-refractivity contribution < 1.29 is 9.13 Å². The fourth-order valence-electron chi connectivity index (χ4n) is 1.27. The van der Waals surface area contributed by atoms with Gasteiger partial charge >= 0.3 is 0 Å². The summed E-state index contributed by atoms with van der Waals surface area (Å²) >= 11 is 0. The van der Waals surface area contributed by atoms with Crippen molar-refractivity contribution in [2.75, 3.05) is 13.8 Å². The molecule has 1 aromatic carbocycles. The molecule has 0 amide bonds. The number of benzene rings is 1. The van der Waals surface area contributed by atoms with Gasteiger partial charge in [-0.1, -0.05) is 0 Å². The lowest BCUT2D eigenvalue weighted by Crippen LogP contribution is -2.13. The third-order valence-electron chi connectivity index (χ3n) is 2.03. The second-order valence-corrected chi connectivity index (χ2v) is 3.24. The summed E-state index contributed by atoms with van der Waals surface area (Å²) in [7, 11) is 1.80. The summed E-state index contributed by atoms with van der Waals surface area (Å²) < 4.78 is 19.7. The normalized spacial score (nSPS) is 10.4. The first kappa shape index (κ1) is 10.6. The second-order valence-electron chi connectivity index (χ2n) is 3.24. The van der Waals surface area contributed by atoms with E-state index >= 15 is 0 Å². The molecular weight excluding hydrogens is 209 g/mol. The Labute approximate surface area is 92.7 Å². The van der Waals surface area contributed by atoms with Crippen LogP contribution in [0.4, 0.5) is 4.39 Å². The van der Waals surface area contributed by atoms with Crippen LogP contribution in [0.15, 0.2) is 36.7 Å². The molecule has 16 heavy (non-hydrogen) atoms. The monoisotopic (exact) mass is 221 g/mol. The molecule has 84 valence electrons. The van der Waals surface area contributed by atoms with Crippen molar-refractivity contribution in [3.8, 4) is 11.4 Å². The van der Waals surface area contributed by atoms with Gasteiger partial charge in [0.15, 0.2) is 5.75 Å². The summed E-state index contributed by atoms with van der Waals surface area (Å²) in [6, 6.07) is 6.10. The third kappa shape index (κ3) is 2.38. The Kier molecular flexibility index (Phi) is 3.16. The summed E-state index contributed by atoms with van der Waals surface area (Å²) in [4.78, 5) is 0. The predicted molar refractivity (Wildman–Crippen MR) is 58.1 cm³/mol. The molecule has 0 spiro atoms. The van der Waals surface area contributed by atoms with E-state index in [1.54, 1.807) is 36.3 Å². The van der Waals surface area contributed by atoms with Crippen molar-refractivity contribution >= 4 is 0 Å². The van der Waals surface area contributed by atoms with Gasteiger partial charge in [0, 0.05) is 0 Å². The van der Waals surface area contributed by atoms with Gasteiger partial charge < -0.3 is 4.74 Å². The minimum Gasteiger partial charge on any atom is -0.475 e. The van der Waals surface area contributed by atoms with Gasteiger partial charge in [0.05, 0.1) is 18.1 Å². The lowest BCUT2D eigenvalue weighted by Gasteiger charge is -2.01. The molecule has 0 unspecified atom stereocenters. The smallest absolute Gasteiger partial charge is 0.159 e. The molecule has 1 aromatic heterocycles. The van der Waals surface area contributed by atoms with E-state index in [-0.39, 0.29) is 5.82 Å². The minimum absolute atomic E-state index is 0.262. The second kappa shape index (κ2) is 4.76. The SMILES string of the molecule is CNCOc1cnn(-c2ccc(F)cc2)c1. The van der Waals surface area contributed by atoms with Crippen LogP contribution < -0.4 is 10.1 Å². The van der Waals surface area contributed by atoms with Crippen molar-refractivity contribution in [1.82, 2.24) is 15.1 Å². The summed E-state index contributed by atoms with van der Waals surface area (Å²) in [6.07, 6.45) is 3.35. The quantitative estimate of drug-likeness (QED) is 0.796. The molecule has 2 rings (SSSR count). The first-order valence-electron chi connectivity index (χ1n) is 4.87. The molecule has 0 bridgehead atoms. The molecule has 0 fully saturated rings. The molecule has 0 atom stereocenters. The van der Waals surface area contributed by atoms with Gasteiger partial charge in [-0.15, -0.1) is 0 Å². The highest BCUT2D eigenvalue weighted by atomic mass is 19.1. The molecule has 1 heterocycles. The molecule has 1 N–H and O–H groups in total. The Morgan fingerprint density at radius 2 is 2.12 bits per heavy atom. The maximum Gasteiger partial charge on any atom is 0.159 e. The summed E-state index contributed by atoms with van der Waals surface area (Å²) in [5, 5.41) is 6.97. The standard InChI is InChI=1S/C11H12FN3O/c1-13-8-16-11-6-14-15(7-11)10-4-2-9(12)3-5-10/h2-7,13H,8H2,1H3. The first-order chi connectivity index (χ1) is 7.79. The van der Waals surface area contributed by atoms with Crippen LogP contribution in [0.25, 0.3) is 5.69 Å². The molecule has 2 aromatic rings. The van der Waals surface area contributed by atoms with Crippen molar-refractivity contribution in [2.24, 2.45) is 0 Å². The number of rotatable bonds is 4. The lowest BCUT2D eigenvalue weighted by molar-refractivity contribution is 0.296. The topological polar surface area (TPSA) is 39.1 Å². The number of hydrogen-bond donors (Lipinski definition) is 1. The zero-order valence-corrected chi connectivity index (χ0v) is 8.85. The Bertz CT molecular complexity index is 453. The van der Waals surface area contributed by atoms with E-state index in [2.05, 4.69) is 10.4 Å². The molecule has 0 radical (unpaired) electrons. The first-order valence-corrected chi connectivity index (χ1v) is 4.87. The highest BCUT2D eigenvalue weighted by molar-refractivity contribution is 5.32. The Morgan fingerprint density at radius 1 is 1.38 bits per heavy atom. The van der Waals surface area contributed by atoms with Crippen LogP contribution in [0.3, 0.4) is 0 Å². The van der Waals surface area contributed by atoms with Crippen molar-refractivity contribution in [3.05, 3.63) is 42.5 Å². The van der Waals surface area contributed by atoms with Gasteiger partial charge in [0.1, 0.15) is 12.5 Å². The van der Waals surface area contributed by atoms with Gasteiger partial charge in [-0.25, -0.2) is 9.07 Å². The Morgan fingerprint density at radius 3 is 2.81 bits per heavy atom. The van der Waals surface area contributed by atoms with Crippen LogP contribution in [0.2, 0.25) is 0 Å². The van der Waals surface area contributed by atoms with Crippen LogP contribution in [0, 0.1) is 5.82 Å². The molecule has 5 heteroatoms. The van der Waals surface area contributed by atoms with Crippen LogP contribution in [0.5, 0.6) is 5.75 Å². The van der Waals surface area contributed by atoms with E-state index in [1.165, 1.54) is 12.1 Å². The zero-order chi connectivity index (χ0) is 11.4. The minimum atomic E-state index is -0.262. The van der Waals surface area contributed by atoms with Crippen molar-refractivity contribution in [3.63, 3.8) is 0 Å². The average Bonchev–Trinajstić information content (AvgIpc) is 2.76. The number of halogens is 1. The number of nitrogens with one attached hydrogen (secondary N) is 1. The lowest BCUT2D eigenvalue weighted by atomic mass is 10.3. The van der Waals surface area contributed by atoms with Crippen LogP contribution >= 0.6 is 0 Å². The van der Waals surface area contributed by atoms with Crippen LogP contribution in [-0.4, -0.2) is 23.6 Å². The van der Waals surface area contributed by atoms with Crippen molar-refractivity contribution in [1.29, 1.82) is 0 Å². The van der Waals surface area contributed by atoms with E-state index in [0.717, 1.165) is 5.69 Å². The predicted octanol–water partition coefficient (Wildman–Crippen LogP) is 1.57. The summed E-state index contributed by atoms with van der Waals surface area (Å²) in [6.45, 7) is 0.426. The van der Waals surface area contributed by atoms with Gasteiger partial charge in [-0.05, 0) is 31.3 Å². The molecule has 0 aliphatic carbocycles. The Hall–Kier alpha value is -1.88. The van der Waals surface area contributed by atoms with Gasteiger partial charge in [0.25, 0.3) is 0 Å². The summed E-state index contributed by atoms with van der Waals surface area (Å²) in [5.74, 6) is 0.404. The molecular formula is C11H12FN3O. The molecule has 0 aliphatic rings. The van der Waals surface area contributed by atoms with Gasteiger partial charge in [0.2, 0.25) is 0 Å². The number of ether oxygens (including phenoxy) is 1. The van der Waals surface area contributed by atoms with E-state index in [9.17, 15) is 4.39 Å². The number of hydrogen-bond acceptors (Lipinski definition) is 3. The van der Waals surface area contributed by atoms with E-state index in [1.807, 2.05) is 0 Å². The largest absolute Gasteiger partial charge is 0.475 e. The molecule has 4 nitrogen and oxygen atoms in total.